The molecular formula is C13H19ClN2O4. The van der Waals surface area contributed by atoms with Crippen LogP contribution in [0.4, 0.5) is 5.69 Å². The Balaban J connectivity index is 0.000000796. The van der Waals surface area contributed by atoms with Crippen molar-refractivity contribution < 1.29 is 14.5 Å². The van der Waals surface area contributed by atoms with Crippen molar-refractivity contribution in [3.8, 4) is 0 Å². The van der Waals surface area contributed by atoms with Crippen molar-refractivity contribution in [2.75, 3.05) is 0 Å². The van der Waals surface area contributed by atoms with E-state index in [4.69, 9.17) is 22.1 Å². The van der Waals surface area contributed by atoms with Crippen LogP contribution in [0.1, 0.15) is 44.0 Å². The Morgan fingerprint density at radius 2 is 2.00 bits per heavy atom. The monoisotopic (exact) mass is 302 g/mol. The Kier molecular flexibility index (Phi) is 8.51. The predicted octanol–water partition coefficient (Wildman–Crippen LogP) is 3.52. The van der Waals surface area contributed by atoms with Crippen LogP contribution in [-0.2, 0) is 4.74 Å². The van der Waals surface area contributed by atoms with Crippen LogP contribution in [-0.4, -0.2) is 17.1 Å². The molecule has 0 heterocycles. The Labute approximate surface area is 123 Å². The molecule has 112 valence electrons. The van der Waals surface area contributed by atoms with Gasteiger partial charge < -0.3 is 4.74 Å². The average Bonchev–Trinajstić information content (AvgIpc) is 2.37. The Morgan fingerprint density at radius 1 is 1.45 bits per heavy atom. The first-order chi connectivity index (χ1) is 9.33. The summed E-state index contributed by atoms with van der Waals surface area (Å²) in [5.74, 6) is -0.713. The van der Waals surface area contributed by atoms with Gasteiger partial charge in [0.2, 0.25) is 0 Å². The van der Waals surface area contributed by atoms with Crippen LogP contribution in [0.3, 0.4) is 0 Å². The second kappa shape index (κ2) is 9.28. The van der Waals surface area contributed by atoms with E-state index in [0.717, 1.165) is 6.07 Å². The molecule has 0 spiro atoms. The van der Waals surface area contributed by atoms with Crippen molar-refractivity contribution in [2.45, 2.75) is 39.8 Å². The largest absolute Gasteiger partial charge is 0.443 e. The predicted molar refractivity (Wildman–Crippen MR) is 77.8 cm³/mol. The van der Waals surface area contributed by atoms with E-state index in [1.165, 1.54) is 31.9 Å². The molecule has 0 amide bonds. The van der Waals surface area contributed by atoms with Gasteiger partial charge in [0.25, 0.3) is 5.69 Å². The van der Waals surface area contributed by atoms with Gasteiger partial charge in [-0.3, -0.25) is 15.8 Å². The molecule has 0 aliphatic carbocycles. The van der Waals surface area contributed by atoms with Crippen LogP contribution in [0, 0.1) is 10.1 Å². The molecule has 1 aromatic rings. The number of hydrogen-bond donors (Lipinski definition) is 1. The number of nitrogens with two attached hydrogens (primary N) is 1. The van der Waals surface area contributed by atoms with Crippen LogP contribution in [0.2, 0.25) is 5.02 Å². The van der Waals surface area contributed by atoms with E-state index in [2.05, 4.69) is 13.8 Å². The lowest BCUT2D eigenvalue weighted by Crippen LogP contribution is -2.23. The Bertz CT molecular complexity index is 462. The second-order valence-electron chi connectivity index (χ2n) is 4.03. The molecule has 1 atom stereocenters. The third-order valence-corrected chi connectivity index (χ3v) is 2.49. The second-order valence-corrected chi connectivity index (χ2v) is 4.44. The molecule has 0 fully saturated rings. The van der Waals surface area contributed by atoms with Gasteiger partial charge in [0.15, 0.2) is 0 Å². The number of non-ortho nitro benzene ring substituents is 1. The van der Waals surface area contributed by atoms with E-state index in [9.17, 15) is 14.9 Å². The molecule has 0 bridgehead atoms. The summed E-state index contributed by atoms with van der Waals surface area (Å²) < 4.78 is 4.70. The lowest BCUT2D eigenvalue weighted by Gasteiger charge is -2.08. The highest BCUT2D eigenvalue weighted by molar-refractivity contribution is 6.33. The lowest BCUT2D eigenvalue weighted by atomic mass is 10.2. The number of halogens is 1. The summed E-state index contributed by atoms with van der Waals surface area (Å²) >= 11 is 5.71. The van der Waals surface area contributed by atoms with Gasteiger partial charge >= 0.3 is 5.97 Å². The number of carbonyl (C=O) groups is 1. The number of nitrogens with zero attached hydrogens (tertiary/aromatic N) is 1. The summed E-state index contributed by atoms with van der Waals surface area (Å²) in [4.78, 5) is 21.2. The van der Waals surface area contributed by atoms with Crippen LogP contribution in [0.5, 0.6) is 0 Å². The molecule has 0 radical (unpaired) electrons. The zero-order valence-corrected chi connectivity index (χ0v) is 12.5. The van der Waals surface area contributed by atoms with E-state index in [1.807, 2.05) is 0 Å². The quantitative estimate of drug-likeness (QED) is 0.397. The zero-order valence-electron chi connectivity index (χ0n) is 11.8. The number of nitro benzene ring substituents is 1. The van der Waals surface area contributed by atoms with E-state index < -0.39 is 17.1 Å². The van der Waals surface area contributed by atoms with Gasteiger partial charge in [0, 0.05) is 12.1 Å². The third-order valence-electron chi connectivity index (χ3n) is 2.18. The highest BCUT2D eigenvalue weighted by Crippen LogP contribution is 2.23. The van der Waals surface area contributed by atoms with Gasteiger partial charge in [-0.05, 0) is 13.0 Å². The molecule has 20 heavy (non-hydrogen) atoms. The zero-order chi connectivity index (χ0) is 15.7. The van der Waals surface area contributed by atoms with Crippen LogP contribution in [0.15, 0.2) is 18.2 Å². The van der Waals surface area contributed by atoms with Crippen molar-refractivity contribution in [2.24, 2.45) is 5.73 Å². The number of benzene rings is 1. The number of carbonyl (C=O) groups excluding carboxylic acids is 1. The Hall–Kier alpha value is -1.66. The highest BCUT2D eigenvalue weighted by Gasteiger charge is 2.16. The minimum atomic E-state index is -0.765. The molecule has 0 aliphatic heterocycles. The van der Waals surface area contributed by atoms with E-state index >= 15 is 0 Å². The average molecular weight is 303 g/mol. The summed E-state index contributed by atoms with van der Waals surface area (Å²) in [7, 11) is 0. The molecule has 0 saturated heterocycles. The van der Waals surface area contributed by atoms with Gasteiger partial charge in [0.05, 0.1) is 15.5 Å². The molecule has 0 aromatic heterocycles. The number of unbranched alkanes of at least 4 members (excludes halogenated alkanes) is 1. The topological polar surface area (TPSA) is 95.5 Å². The first-order valence-corrected chi connectivity index (χ1v) is 6.61. The SMILES string of the molecule is CC(N)OC(=O)c1ccc([N+](=O)[O-])cc1Cl.CCCC. The molecule has 0 saturated carbocycles. The van der Waals surface area contributed by atoms with E-state index in [0.29, 0.717) is 0 Å². The number of nitro groups is 1. The van der Waals surface area contributed by atoms with Crippen molar-refractivity contribution in [3.05, 3.63) is 38.9 Å². The van der Waals surface area contributed by atoms with E-state index in [-0.39, 0.29) is 16.3 Å². The van der Waals surface area contributed by atoms with Gasteiger partial charge in [-0.25, -0.2) is 4.79 Å². The minimum absolute atomic E-state index is 0.0418. The number of hydrogen-bond acceptors (Lipinski definition) is 5. The molecular weight excluding hydrogens is 284 g/mol. The summed E-state index contributed by atoms with van der Waals surface area (Å²) in [6.45, 7) is 5.84. The highest BCUT2D eigenvalue weighted by atomic mass is 35.5. The van der Waals surface area contributed by atoms with Crippen LogP contribution >= 0.6 is 11.6 Å². The van der Waals surface area contributed by atoms with E-state index in [1.54, 1.807) is 0 Å². The summed E-state index contributed by atoms with van der Waals surface area (Å²) in [6.07, 6.45) is 1.87. The number of ether oxygens (including phenoxy) is 1. The van der Waals surface area contributed by atoms with Gasteiger partial charge in [0.1, 0.15) is 6.23 Å². The fraction of sp³-hybridized carbons (Fsp3) is 0.462. The normalized spacial score (nSPS) is 11.1. The number of rotatable bonds is 4. The third kappa shape index (κ3) is 6.49. The standard InChI is InChI=1S/C9H9ClN2O4.C4H10/c1-5(11)16-9(13)7-3-2-6(12(14)15)4-8(7)10;1-3-4-2/h2-5H,11H2,1H3;3-4H2,1-2H3. The molecule has 6 nitrogen and oxygen atoms in total. The lowest BCUT2D eigenvalue weighted by molar-refractivity contribution is -0.384. The van der Waals surface area contributed by atoms with Gasteiger partial charge in [-0.2, -0.15) is 0 Å². The van der Waals surface area contributed by atoms with Crippen LogP contribution in [0.25, 0.3) is 0 Å². The molecule has 0 aliphatic rings. The number of esters is 1. The maximum atomic E-state index is 11.4. The smallest absolute Gasteiger partial charge is 0.341 e. The molecule has 7 heteroatoms. The van der Waals surface area contributed by atoms with Gasteiger partial charge in [-0.1, -0.05) is 38.3 Å². The minimum Gasteiger partial charge on any atom is -0.443 e. The van der Waals surface area contributed by atoms with Crippen molar-refractivity contribution in [1.82, 2.24) is 0 Å². The fourth-order valence-corrected chi connectivity index (χ4v) is 1.27. The summed E-state index contributed by atoms with van der Waals surface area (Å²) in [5, 5.41) is 10.4. The molecule has 1 rings (SSSR count). The first-order valence-electron chi connectivity index (χ1n) is 6.23. The molecule has 1 unspecified atom stereocenters. The van der Waals surface area contributed by atoms with Gasteiger partial charge in [-0.15, -0.1) is 0 Å². The summed E-state index contributed by atoms with van der Waals surface area (Å²) in [6, 6.07) is 3.48. The van der Waals surface area contributed by atoms with Crippen molar-refractivity contribution >= 4 is 23.3 Å². The maximum Gasteiger partial charge on any atom is 0.341 e. The van der Waals surface area contributed by atoms with Crippen LogP contribution < -0.4 is 5.73 Å². The van der Waals surface area contributed by atoms with Crippen molar-refractivity contribution in [1.29, 1.82) is 0 Å². The molecule has 1 aromatic carbocycles. The Morgan fingerprint density at radius 3 is 2.35 bits per heavy atom. The maximum absolute atomic E-state index is 11.4. The molecule has 2 N–H and O–H groups in total. The first kappa shape index (κ1) is 18.3. The fourth-order valence-electron chi connectivity index (χ4n) is 1.02. The van der Waals surface area contributed by atoms with Crippen molar-refractivity contribution in [3.63, 3.8) is 0 Å². The summed E-state index contributed by atoms with van der Waals surface area (Å²) in [5.41, 5.74) is 5.12.